The van der Waals surface area contributed by atoms with Gasteiger partial charge in [0, 0.05) is 29.9 Å². The molecule has 2 aromatic heterocycles. The van der Waals surface area contributed by atoms with Crippen LogP contribution in [-0.4, -0.2) is 45.0 Å². The van der Waals surface area contributed by atoms with Gasteiger partial charge in [0.05, 0.1) is 6.54 Å². The highest BCUT2D eigenvalue weighted by Gasteiger charge is 2.27. The molecular weight excluding hydrogens is 348 g/mol. The minimum Gasteiger partial charge on any atom is -0.458 e. The van der Waals surface area contributed by atoms with Crippen molar-refractivity contribution in [3.8, 4) is 16.6 Å². The molecule has 1 unspecified atom stereocenters. The van der Waals surface area contributed by atoms with Crippen molar-refractivity contribution >= 4 is 17.2 Å². The van der Waals surface area contributed by atoms with Crippen LogP contribution in [0.3, 0.4) is 0 Å². The van der Waals surface area contributed by atoms with Crippen LogP contribution in [0.4, 0.5) is 0 Å². The molecule has 132 valence electrons. The number of carbonyl (C=O) groups is 1. The maximum Gasteiger partial charge on any atom is 0.316 e. The number of ether oxygens (including phenoxy) is 1. The van der Waals surface area contributed by atoms with Gasteiger partial charge in [-0.3, -0.25) is 4.79 Å². The lowest BCUT2D eigenvalue weighted by atomic mass is 10.1. The predicted octanol–water partition coefficient (Wildman–Crippen LogP) is 3.28. The number of benzene rings is 1. The first-order valence-corrected chi connectivity index (χ1v) is 9.41. The second-order valence-corrected chi connectivity index (χ2v) is 6.93. The fourth-order valence-corrected chi connectivity index (χ4v) is 3.76. The van der Waals surface area contributed by atoms with Crippen LogP contribution in [0.2, 0.25) is 0 Å². The standard InChI is InChI=1S/C19H18N4O2S/c24-18(16-13-26-17(22-16)14-6-2-1-3-7-14)23-11-4-8-15(12-23)25-19-20-9-5-10-21-19/h1-3,5-7,9-10,13,15H,4,8,11-12H2. The van der Waals surface area contributed by atoms with E-state index in [4.69, 9.17) is 4.74 Å². The Hall–Kier alpha value is -2.80. The van der Waals surface area contributed by atoms with E-state index in [1.54, 1.807) is 23.4 Å². The molecule has 1 aliphatic rings. The van der Waals surface area contributed by atoms with Crippen molar-refractivity contribution in [3.05, 3.63) is 59.9 Å². The van der Waals surface area contributed by atoms with Crippen LogP contribution in [0.25, 0.3) is 10.6 Å². The first kappa shape index (κ1) is 16.7. The Morgan fingerprint density at radius 1 is 1.15 bits per heavy atom. The van der Waals surface area contributed by atoms with E-state index in [-0.39, 0.29) is 12.0 Å². The first-order valence-electron chi connectivity index (χ1n) is 8.53. The Labute approximate surface area is 155 Å². The van der Waals surface area contributed by atoms with E-state index < -0.39 is 0 Å². The third-order valence-electron chi connectivity index (χ3n) is 4.22. The van der Waals surface area contributed by atoms with Crippen LogP contribution in [0.5, 0.6) is 6.01 Å². The van der Waals surface area contributed by atoms with Gasteiger partial charge in [-0.25, -0.2) is 15.0 Å². The van der Waals surface area contributed by atoms with Crippen molar-refractivity contribution in [3.63, 3.8) is 0 Å². The zero-order valence-corrected chi connectivity index (χ0v) is 14.9. The fraction of sp³-hybridized carbons (Fsp3) is 0.263. The van der Waals surface area contributed by atoms with E-state index in [9.17, 15) is 4.79 Å². The lowest BCUT2D eigenvalue weighted by Gasteiger charge is -2.31. The van der Waals surface area contributed by atoms with E-state index in [2.05, 4.69) is 15.0 Å². The van der Waals surface area contributed by atoms with Crippen molar-refractivity contribution < 1.29 is 9.53 Å². The molecule has 0 spiro atoms. The number of thiazole rings is 1. The Balaban J connectivity index is 1.44. The highest BCUT2D eigenvalue weighted by Crippen LogP contribution is 2.25. The summed E-state index contributed by atoms with van der Waals surface area (Å²) in [6.45, 7) is 1.24. The summed E-state index contributed by atoms with van der Waals surface area (Å²) in [6, 6.07) is 12.0. The molecule has 0 saturated carbocycles. The van der Waals surface area contributed by atoms with Crippen LogP contribution >= 0.6 is 11.3 Å². The van der Waals surface area contributed by atoms with Crippen molar-refractivity contribution in [2.75, 3.05) is 13.1 Å². The number of carbonyl (C=O) groups excluding carboxylic acids is 1. The summed E-state index contributed by atoms with van der Waals surface area (Å²) in [7, 11) is 0. The van der Waals surface area contributed by atoms with Crippen LogP contribution in [-0.2, 0) is 0 Å². The van der Waals surface area contributed by atoms with E-state index in [1.165, 1.54) is 11.3 Å². The van der Waals surface area contributed by atoms with Gasteiger partial charge in [-0.1, -0.05) is 30.3 Å². The lowest BCUT2D eigenvalue weighted by Crippen LogP contribution is -2.44. The van der Waals surface area contributed by atoms with E-state index >= 15 is 0 Å². The molecule has 1 saturated heterocycles. The van der Waals surface area contributed by atoms with Crippen LogP contribution in [0.15, 0.2) is 54.2 Å². The molecule has 0 N–H and O–H groups in total. The maximum absolute atomic E-state index is 12.8. The normalized spacial score (nSPS) is 17.1. The number of nitrogens with zero attached hydrogens (tertiary/aromatic N) is 4. The Kier molecular flexibility index (Phi) is 4.88. The molecule has 7 heteroatoms. The molecule has 26 heavy (non-hydrogen) atoms. The predicted molar refractivity (Wildman–Crippen MR) is 99.1 cm³/mol. The van der Waals surface area contributed by atoms with Gasteiger partial charge in [0.15, 0.2) is 0 Å². The highest BCUT2D eigenvalue weighted by molar-refractivity contribution is 7.13. The Morgan fingerprint density at radius 2 is 1.96 bits per heavy atom. The maximum atomic E-state index is 12.8. The molecule has 1 fully saturated rings. The number of amides is 1. The third-order valence-corrected chi connectivity index (χ3v) is 5.11. The largest absolute Gasteiger partial charge is 0.458 e. The second kappa shape index (κ2) is 7.61. The SMILES string of the molecule is O=C(c1csc(-c2ccccc2)n1)N1CCCC(Oc2ncccn2)C1. The average Bonchev–Trinajstić information content (AvgIpc) is 3.19. The zero-order valence-electron chi connectivity index (χ0n) is 14.1. The Bertz CT molecular complexity index is 870. The summed E-state index contributed by atoms with van der Waals surface area (Å²) in [5.74, 6) is -0.0503. The summed E-state index contributed by atoms with van der Waals surface area (Å²) in [5, 5.41) is 2.69. The monoisotopic (exact) mass is 366 g/mol. The fourth-order valence-electron chi connectivity index (χ4n) is 2.96. The minimum absolute atomic E-state index is 0.0503. The summed E-state index contributed by atoms with van der Waals surface area (Å²) < 4.78 is 5.81. The average molecular weight is 366 g/mol. The van der Waals surface area contributed by atoms with Crippen LogP contribution < -0.4 is 4.74 Å². The first-order chi connectivity index (χ1) is 12.8. The smallest absolute Gasteiger partial charge is 0.316 e. The van der Waals surface area contributed by atoms with Crippen LogP contribution in [0.1, 0.15) is 23.3 Å². The van der Waals surface area contributed by atoms with Gasteiger partial charge in [-0.2, -0.15) is 0 Å². The van der Waals surface area contributed by atoms with Gasteiger partial charge in [-0.15, -0.1) is 11.3 Å². The summed E-state index contributed by atoms with van der Waals surface area (Å²) in [4.78, 5) is 27.3. The molecule has 1 aliphatic heterocycles. The molecule has 0 bridgehead atoms. The quantitative estimate of drug-likeness (QED) is 0.709. The van der Waals surface area contributed by atoms with Gasteiger partial charge in [-0.05, 0) is 18.9 Å². The summed E-state index contributed by atoms with van der Waals surface area (Å²) in [5.41, 5.74) is 1.52. The minimum atomic E-state index is -0.0951. The van der Waals surface area contributed by atoms with Crippen molar-refractivity contribution in [2.24, 2.45) is 0 Å². The Morgan fingerprint density at radius 3 is 2.77 bits per heavy atom. The molecule has 1 atom stereocenters. The van der Waals surface area contributed by atoms with Crippen molar-refractivity contribution in [1.82, 2.24) is 19.9 Å². The lowest BCUT2D eigenvalue weighted by molar-refractivity contribution is 0.0511. The van der Waals surface area contributed by atoms with Gasteiger partial charge < -0.3 is 9.64 Å². The summed E-state index contributed by atoms with van der Waals surface area (Å²) >= 11 is 1.49. The topological polar surface area (TPSA) is 68.2 Å². The number of hydrogen-bond donors (Lipinski definition) is 0. The molecule has 0 radical (unpaired) electrons. The van der Waals surface area contributed by atoms with E-state index in [0.29, 0.717) is 24.8 Å². The molecular formula is C19H18N4O2S. The van der Waals surface area contributed by atoms with Crippen LogP contribution in [0, 0.1) is 0 Å². The van der Waals surface area contributed by atoms with Gasteiger partial charge in [0.1, 0.15) is 16.8 Å². The molecule has 0 aliphatic carbocycles. The van der Waals surface area contributed by atoms with Crippen molar-refractivity contribution in [1.29, 1.82) is 0 Å². The summed E-state index contributed by atoms with van der Waals surface area (Å²) in [6.07, 6.45) is 4.97. The number of aromatic nitrogens is 3. The number of hydrogen-bond acceptors (Lipinski definition) is 6. The van der Waals surface area contributed by atoms with Gasteiger partial charge in [0.2, 0.25) is 0 Å². The molecule has 1 aromatic carbocycles. The number of rotatable bonds is 4. The van der Waals surface area contributed by atoms with E-state index in [1.807, 2.05) is 35.7 Å². The highest BCUT2D eigenvalue weighted by atomic mass is 32.1. The molecule has 3 aromatic rings. The second-order valence-electron chi connectivity index (χ2n) is 6.07. The van der Waals surface area contributed by atoms with Crippen molar-refractivity contribution in [2.45, 2.75) is 18.9 Å². The third kappa shape index (κ3) is 3.72. The number of piperidine rings is 1. The van der Waals surface area contributed by atoms with E-state index in [0.717, 1.165) is 23.4 Å². The number of likely N-dealkylation sites (tertiary alicyclic amines) is 1. The zero-order chi connectivity index (χ0) is 17.8. The molecule has 6 nitrogen and oxygen atoms in total. The molecule has 3 heterocycles. The van der Waals surface area contributed by atoms with Gasteiger partial charge in [0.25, 0.3) is 5.91 Å². The molecule has 1 amide bonds. The molecule has 4 rings (SSSR count). The van der Waals surface area contributed by atoms with Gasteiger partial charge >= 0.3 is 6.01 Å².